The van der Waals surface area contributed by atoms with Crippen molar-refractivity contribution in [2.45, 2.75) is 6.42 Å². The monoisotopic (exact) mass is 393 g/mol. The van der Waals surface area contributed by atoms with Crippen molar-refractivity contribution >= 4 is 34.5 Å². The Kier molecular flexibility index (Phi) is 4.92. The van der Waals surface area contributed by atoms with Gasteiger partial charge in [0, 0.05) is 29.7 Å². The number of carbonyl (C=O) groups is 1. The Balaban J connectivity index is 1.44. The van der Waals surface area contributed by atoms with E-state index in [-0.39, 0.29) is 12.4 Å². The highest BCUT2D eigenvalue weighted by molar-refractivity contribution is 6.32. The quantitative estimate of drug-likeness (QED) is 0.509. The average molecular weight is 394 g/mol. The number of nitriles is 1. The van der Waals surface area contributed by atoms with Crippen LogP contribution >= 0.6 is 11.6 Å². The third kappa shape index (κ3) is 3.53. The summed E-state index contributed by atoms with van der Waals surface area (Å²) in [7, 11) is 0. The van der Waals surface area contributed by atoms with E-state index >= 15 is 0 Å². The molecule has 1 aliphatic heterocycles. The standard InChI is InChI=1S/C21H16ClN3O3/c22-17-9-20-19(27-12-28-20)8-14(17)7-15(10-23)21(26)24-6-5-13-11-25-18-4-2-1-3-16(13)18/h1-4,7-9,11,25H,5-6,12H2,(H,24,26). The summed E-state index contributed by atoms with van der Waals surface area (Å²) in [4.78, 5) is 15.6. The van der Waals surface area contributed by atoms with Crippen molar-refractivity contribution in [1.29, 1.82) is 5.26 Å². The van der Waals surface area contributed by atoms with E-state index in [0.717, 1.165) is 16.5 Å². The van der Waals surface area contributed by atoms with Crippen molar-refractivity contribution < 1.29 is 14.3 Å². The topological polar surface area (TPSA) is 87.1 Å². The van der Waals surface area contributed by atoms with Crippen molar-refractivity contribution in [3.63, 3.8) is 0 Å². The maximum absolute atomic E-state index is 12.4. The summed E-state index contributed by atoms with van der Waals surface area (Å²) in [6.07, 6.45) is 4.04. The molecule has 2 N–H and O–H groups in total. The van der Waals surface area contributed by atoms with Gasteiger partial charge in [0.2, 0.25) is 6.79 Å². The molecule has 0 atom stereocenters. The number of nitrogens with zero attached hydrogens (tertiary/aromatic N) is 1. The van der Waals surface area contributed by atoms with Crippen molar-refractivity contribution in [3.05, 3.63) is 64.3 Å². The second-order valence-corrected chi connectivity index (χ2v) is 6.67. The van der Waals surface area contributed by atoms with E-state index in [9.17, 15) is 10.1 Å². The molecule has 0 bridgehead atoms. The van der Waals surface area contributed by atoms with E-state index in [1.54, 1.807) is 12.1 Å². The first kappa shape index (κ1) is 18.0. The molecule has 2 aromatic carbocycles. The molecule has 1 aliphatic rings. The van der Waals surface area contributed by atoms with Gasteiger partial charge in [0.1, 0.15) is 11.6 Å². The van der Waals surface area contributed by atoms with Crippen LogP contribution in [0, 0.1) is 11.3 Å². The van der Waals surface area contributed by atoms with E-state index in [1.807, 2.05) is 36.5 Å². The van der Waals surface area contributed by atoms with Gasteiger partial charge >= 0.3 is 0 Å². The molecular formula is C21H16ClN3O3. The SMILES string of the molecule is N#CC(=Cc1cc2c(cc1Cl)OCO2)C(=O)NCCc1c[nH]c2ccccc12. The van der Waals surface area contributed by atoms with Gasteiger partial charge in [-0.05, 0) is 35.8 Å². The normalized spacial score (nSPS) is 12.8. The molecule has 1 amide bonds. The molecule has 0 saturated carbocycles. The number of rotatable bonds is 5. The largest absolute Gasteiger partial charge is 0.454 e. The van der Waals surface area contributed by atoms with Gasteiger partial charge in [-0.3, -0.25) is 4.79 Å². The minimum absolute atomic E-state index is 0.0281. The van der Waals surface area contributed by atoms with Crippen LogP contribution in [0.3, 0.4) is 0 Å². The lowest BCUT2D eigenvalue weighted by Crippen LogP contribution is -2.26. The molecule has 2 heterocycles. The Hall–Kier alpha value is -3.43. The van der Waals surface area contributed by atoms with Gasteiger partial charge in [-0.25, -0.2) is 0 Å². The highest BCUT2D eigenvalue weighted by Gasteiger charge is 2.17. The van der Waals surface area contributed by atoms with Crippen LogP contribution in [0.1, 0.15) is 11.1 Å². The van der Waals surface area contributed by atoms with E-state index in [0.29, 0.717) is 35.1 Å². The Labute approximate surface area is 166 Å². The van der Waals surface area contributed by atoms with Crippen LogP contribution in [-0.4, -0.2) is 24.2 Å². The number of aromatic amines is 1. The van der Waals surface area contributed by atoms with Crippen LogP contribution in [0.25, 0.3) is 17.0 Å². The zero-order valence-corrected chi connectivity index (χ0v) is 15.5. The number of nitrogens with one attached hydrogen (secondary N) is 2. The Morgan fingerprint density at radius 3 is 2.89 bits per heavy atom. The predicted octanol–water partition coefficient (Wildman–Crippen LogP) is 3.82. The van der Waals surface area contributed by atoms with Gasteiger partial charge < -0.3 is 19.8 Å². The molecule has 4 rings (SSSR count). The summed E-state index contributed by atoms with van der Waals surface area (Å²) in [6, 6.07) is 13.2. The molecule has 0 saturated heterocycles. The summed E-state index contributed by atoms with van der Waals surface area (Å²) in [5, 5.41) is 13.7. The number of benzene rings is 2. The number of amides is 1. The summed E-state index contributed by atoms with van der Waals surface area (Å²) >= 11 is 6.22. The molecule has 0 fully saturated rings. The number of H-pyrrole nitrogens is 1. The van der Waals surface area contributed by atoms with Crippen LogP contribution in [0.4, 0.5) is 0 Å². The zero-order valence-electron chi connectivity index (χ0n) is 14.8. The van der Waals surface area contributed by atoms with Gasteiger partial charge in [0.25, 0.3) is 5.91 Å². The fraction of sp³-hybridized carbons (Fsp3) is 0.143. The van der Waals surface area contributed by atoms with Crippen molar-refractivity contribution in [2.75, 3.05) is 13.3 Å². The van der Waals surface area contributed by atoms with Crippen LogP contribution in [0.2, 0.25) is 5.02 Å². The molecule has 0 spiro atoms. The number of fused-ring (bicyclic) bond motifs is 2. The fourth-order valence-corrected chi connectivity index (χ4v) is 3.30. The third-order valence-corrected chi connectivity index (χ3v) is 4.84. The lowest BCUT2D eigenvalue weighted by atomic mass is 10.1. The summed E-state index contributed by atoms with van der Waals surface area (Å²) in [6.45, 7) is 0.535. The van der Waals surface area contributed by atoms with Gasteiger partial charge in [-0.1, -0.05) is 29.8 Å². The van der Waals surface area contributed by atoms with Crippen molar-refractivity contribution in [2.24, 2.45) is 0 Å². The maximum Gasteiger partial charge on any atom is 0.261 e. The Morgan fingerprint density at radius 1 is 1.29 bits per heavy atom. The predicted molar refractivity (Wildman–Crippen MR) is 106 cm³/mol. The first-order valence-electron chi connectivity index (χ1n) is 8.70. The molecule has 1 aromatic heterocycles. The third-order valence-electron chi connectivity index (χ3n) is 4.51. The highest BCUT2D eigenvalue weighted by atomic mass is 35.5. The second-order valence-electron chi connectivity index (χ2n) is 6.26. The molecule has 0 radical (unpaired) electrons. The lowest BCUT2D eigenvalue weighted by molar-refractivity contribution is -0.117. The summed E-state index contributed by atoms with van der Waals surface area (Å²) in [5.41, 5.74) is 2.66. The number of halogens is 1. The first-order valence-corrected chi connectivity index (χ1v) is 9.07. The van der Waals surface area contributed by atoms with Crippen LogP contribution < -0.4 is 14.8 Å². The Bertz CT molecular complexity index is 1130. The summed E-state index contributed by atoms with van der Waals surface area (Å²) in [5.74, 6) is 0.632. The van der Waals surface area contributed by atoms with E-state index < -0.39 is 5.91 Å². The molecule has 3 aromatic rings. The van der Waals surface area contributed by atoms with Crippen LogP contribution in [-0.2, 0) is 11.2 Å². The number of aromatic nitrogens is 1. The number of hydrogen-bond donors (Lipinski definition) is 2. The van der Waals surface area contributed by atoms with Gasteiger partial charge in [-0.2, -0.15) is 5.26 Å². The van der Waals surface area contributed by atoms with E-state index in [1.165, 1.54) is 6.08 Å². The number of carbonyl (C=O) groups excluding carboxylic acids is 1. The van der Waals surface area contributed by atoms with Crippen molar-refractivity contribution in [1.82, 2.24) is 10.3 Å². The smallest absolute Gasteiger partial charge is 0.261 e. The number of ether oxygens (including phenoxy) is 2. The average Bonchev–Trinajstić information content (AvgIpc) is 3.32. The molecule has 140 valence electrons. The van der Waals surface area contributed by atoms with Crippen LogP contribution in [0.5, 0.6) is 11.5 Å². The number of para-hydroxylation sites is 1. The highest BCUT2D eigenvalue weighted by Crippen LogP contribution is 2.37. The van der Waals surface area contributed by atoms with Crippen LogP contribution in [0.15, 0.2) is 48.2 Å². The van der Waals surface area contributed by atoms with Crippen molar-refractivity contribution in [3.8, 4) is 17.6 Å². The number of hydrogen-bond acceptors (Lipinski definition) is 4. The summed E-state index contributed by atoms with van der Waals surface area (Å²) < 4.78 is 10.6. The van der Waals surface area contributed by atoms with E-state index in [2.05, 4.69) is 10.3 Å². The minimum atomic E-state index is -0.448. The zero-order chi connectivity index (χ0) is 19.5. The molecule has 0 aliphatic carbocycles. The van der Waals surface area contributed by atoms with E-state index in [4.69, 9.17) is 21.1 Å². The molecular weight excluding hydrogens is 378 g/mol. The second kappa shape index (κ2) is 7.67. The Morgan fingerprint density at radius 2 is 2.07 bits per heavy atom. The first-order chi connectivity index (χ1) is 13.7. The molecule has 0 unspecified atom stereocenters. The van der Waals surface area contributed by atoms with Gasteiger partial charge in [0.05, 0.1) is 5.02 Å². The van der Waals surface area contributed by atoms with Gasteiger partial charge in [-0.15, -0.1) is 0 Å². The lowest BCUT2D eigenvalue weighted by Gasteiger charge is -2.05. The fourth-order valence-electron chi connectivity index (χ4n) is 3.09. The molecule has 6 nitrogen and oxygen atoms in total. The molecule has 28 heavy (non-hydrogen) atoms. The minimum Gasteiger partial charge on any atom is -0.454 e. The maximum atomic E-state index is 12.4. The van der Waals surface area contributed by atoms with Gasteiger partial charge in [0.15, 0.2) is 11.5 Å². The molecule has 7 heteroatoms.